The van der Waals surface area contributed by atoms with Crippen molar-refractivity contribution in [2.24, 2.45) is 0 Å². The van der Waals surface area contributed by atoms with Crippen LogP contribution in [-0.4, -0.2) is 78.6 Å². The van der Waals surface area contributed by atoms with Crippen molar-refractivity contribution in [3.8, 4) is 0 Å². The number of carboxylic acids is 1. The average molecular weight is 654 g/mol. The highest BCUT2D eigenvalue weighted by Gasteiger charge is 2.67. The van der Waals surface area contributed by atoms with Crippen LogP contribution in [0.1, 0.15) is 48.6 Å². The first-order chi connectivity index (χ1) is 23.3. The molecular formula is C36H39N5O7. The van der Waals surface area contributed by atoms with Gasteiger partial charge in [0, 0.05) is 13.5 Å². The summed E-state index contributed by atoms with van der Waals surface area (Å²) in [5, 5.41) is 32.9. The summed E-state index contributed by atoms with van der Waals surface area (Å²) < 4.78 is 21.8. The van der Waals surface area contributed by atoms with E-state index in [0.29, 0.717) is 30.4 Å². The summed E-state index contributed by atoms with van der Waals surface area (Å²) in [6.07, 6.45) is -1.08. The van der Waals surface area contributed by atoms with Crippen LogP contribution >= 0.6 is 0 Å². The van der Waals surface area contributed by atoms with Crippen LogP contribution in [0.25, 0.3) is 11.2 Å². The molecule has 5 N–H and O–H groups in total. The molecule has 0 saturated carbocycles. The number of ether oxygens (including phenoxy) is 3. The van der Waals surface area contributed by atoms with E-state index < -0.39 is 41.7 Å². The molecule has 5 aromatic rings. The molecule has 0 amide bonds. The van der Waals surface area contributed by atoms with E-state index in [2.05, 4.69) is 15.0 Å². The maximum Gasteiger partial charge on any atom is 0.303 e. The number of nitrogen functional groups attached to an aromatic ring is 1. The Morgan fingerprint density at radius 3 is 1.98 bits per heavy atom. The molecule has 0 radical (unpaired) electrons. The molecule has 3 aromatic carbocycles. The number of rotatable bonds is 14. The minimum absolute atomic E-state index is 0.0443. The SMILES string of the molecule is COC(OCCCCCC(=O)O)([C@H]1O[C@@H](n2cnc3c(N)ncnc32)[C@H](O)[C@@H]1O)C(c1ccccc1)(c1ccccc1)c1ccccc1. The fourth-order valence-corrected chi connectivity index (χ4v) is 6.94. The highest BCUT2D eigenvalue weighted by molar-refractivity contribution is 5.81. The van der Waals surface area contributed by atoms with Crippen LogP contribution in [0.3, 0.4) is 0 Å². The van der Waals surface area contributed by atoms with E-state index in [1.807, 2.05) is 91.0 Å². The summed E-state index contributed by atoms with van der Waals surface area (Å²) in [6, 6.07) is 29.1. The van der Waals surface area contributed by atoms with Crippen molar-refractivity contribution < 1.29 is 34.3 Å². The summed E-state index contributed by atoms with van der Waals surface area (Å²) in [5.41, 5.74) is 7.79. The lowest BCUT2D eigenvalue weighted by atomic mass is 9.61. The van der Waals surface area contributed by atoms with E-state index in [1.165, 1.54) is 24.3 Å². The zero-order valence-electron chi connectivity index (χ0n) is 26.5. The Morgan fingerprint density at radius 1 is 0.854 bits per heavy atom. The molecule has 1 aliphatic rings. The van der Waals surface area contributed by atoms with Crippen LogP contribution in [0.4, 0.5) is 5.82 Å². The van der Waals surface area contributed by atoms with E-state index in [4.69, 9.17) is 25.1 Å². The van der Waals surface area contributed by atoms with Crippen molar-refractivity contribution in [2.45, 2.75) is 61.4 Å². The number of benzene rings is 3. The largest absolute Gasteiger partial charge is 0.481 e. The number of fused-ring (bicyclic) bond motifs is 1. The first-order valence-electron chi connectivity index (χ1n) is 15.9. The number of aliphatic hydroxyl groups is 2. The number of hydrogen-bond donors (Lipinski definition) is 4. The molecule has 12 nitrogen and oxygen atoms in total. The maximum absolute atomic E-state index is 12.0. The molecule has 0 aliphatic carbocycles. The smallest absolute Gasteiger partial charge is 0.303 e. The van der Waals surface area contributed by atoms with Crippen molar-refractivity contribution in [1.29, 1.82) is 0 Å². The van der Waals surface area contributed by atoms with E-state index >= 15 is 0 Å². The second kappa shape index (κ2) is 14.2. The fraction of sp³-hybridized carbons (Fsp3) is 0.333. The number of hydrogen-bond acceptors (Lipinski definition) is 10. The van der Waals surface area contributed by atoms with Crippen molar-refractivity contribution in [3.63, 3.8) is 0 Å². The van der Waals surface area contributed by atoms with Crippen LogP contribution in [-0.2, 0) is 24.4 Å². The highest BCUT2D eigenvalue weighted by atomic mass is 16.7. The zero-order valence-corrected chi connectivity index (χ0v) is 26.5. The number of carboxylic acid groups (broad SMARTS) is 1. The predicted molar refractivity (Wildman–Crippen MR) is 177 cm³/mol. The quantitative estimate of drug-likeness (QED) is 0.0773. The molecule has 1 aliphatic heterocycles. The third-order valence-corrected chi connectivity index (χ3v) is 9.07. The van der Waals surface area contributed by atoms with Gasteiger partial charge in [-0.3, -0.25) is 9.36 Å². The topological polar surface area (TPSA) is 175 Å². The van der Waals surface area contributed by atoms with E-state index in [0.717, 1.165) is 16.7 Å². The van der Waals surface area contributed by atoms with Gasteiger partial charge in [0.2, 0.25) is 5.79 Å². The molecular weight excluding hydrogens is 614 g/mol. The van der Waals surface area contributed by atoms with Gasteiger partial charge in [0.1, 0.15) is 35.6 Å². The molecule has 6 rings (SSSR count). The van der Waals surface area contributed by atoms with Gasteiger partial charge < -0.3 is 35.3 Å². The van der Waals surface area contributed by atoms with Crippen LogP contribution in [0.15, 0.2) is 104 Å². The average Bonchev–Trinajstić information content (AvgIpc) is 3.68. The lowest BCUT2D eigenvalue weighted by Crippen LogP contribution is -2.66. The maximum atomic E-state index is 12.0. The first-order valence-corrected chi connectivity index (χ1v) is 15.9. The Kier molecular flexibility index (Phi) is 9.81. The normalized spacial score (nSPS) is 20.9. The summed E-state index contributed by atoms with van der Waals surface area (Å²) in [5.74, 6) is -2.51. The lowest BCUT2D eigenvalue weighted by Gasteiger charge is -2.53. The number of aromatic nitrogens is 4. The highest BCUT2D eigenvalue weighted by Crippen LogP contribution is 2.54. The van der Waals surface area contributed by atoms with Crippen molar-refractivity contribution in [1.82, 2.24) is 19.5 Å². The molecule has 2 aromatic heterocycles. The molecule has 48 heavy (non-hydrogen) atoms. The number of aliphatic hydroxyl groups excluding tert-OH is 2. The molecule has 3 heterocycles. The van der Waals surface area contributed by atoms with Gasteiger partial charge >= 0.3 is 5.97 Å². The zero-order chi connectivity index (χ0) is 33.7. The molecule has 0 bridgehead atoms. The molecule has 1 fully saturated rings. The number of methoxy groups -OCH3 is 1. The van der Waals surface area contributed by atoms with E-state index in [-0.39, 0.29) is 18.8 Å². The number of carbonyl (C=O) groups is 1. The summed E-state index contributed by atoms with van der Waals surface area (Å²) >= 11 is 0. The number of nitrogens with two attached hydrogens (primary N) is 1. The van der Waals surface area contributed by atoms with Crippen LogP contribution < -0.4 is 5.73 Å². The predicted octanol–water partition coefficient (Wildman–Crippen LogP) is 4.07. The third-order valence-electron chi connectivity index (χ3n) is 9.07. The lowest BCUT2D eigenvalue weighted by molar-refractivity contribution is -0.312. The van der Waals surface area contributed by atoms with Gasteiger partial charge in [-0.05, 0) is 29.5 Å². The van der Waals surface area contributed by atoms with Crippen molar-refractivity contribution in [3.05, 3.63) is 120 Å². The Bertz CT molecular complexity index is 1710. The van der Waals surface area contributed by atoms with Gasteiger partial charge in [0.15, 0.2) is 17.7 Å². The van der Waals surface area contributed by atoms with Gasteiger partial charge in [0.25, 0.3) is 0 Å². The minimum atomic E-state index is -1.82. The molecule has 0 spiro atoms. The van der Waals surface area contributed by atoms with Gasteiger partial charge in [-0.2, -0.15) is 0 Å². The first kappa shape index (κ1) is 33.2. The van der Waals surface area contributed by atoms with Crippen molar-refractivity contribution >= 4 is 23.0 Å². The molecule has 5 atom stereocenters. The summed E-state index contributed by atoms with van der Waals surface area (Å²) in [4.78, 5) is 23.9. The van der Waals surface area contributed by atoms with Crippen LogP contribution in [0.5, 0.6) is 0 Å². The van der Waals surface area contributed by atoms with Crippen LogP contribution in [0, 0.1) is 0 Å². The Balaban J connectivity index is 1.56. The standard InChI is InChI=1S/C36H39N5O7/c1-46-36(47-21-13-5-12-20-27(42)43,31-29(44)30(45)34(48-31)41-23-40-28-32(37)38-22-39-33(28)41)35(24-14-6-2-7-15-24,25-16-8-3-9-17-25)26-18-10-4-11-19-26/h2-4,6-11,14-19,22-23,29-31,34,44-45H,5,12-13,20-21H2,1H3,(H,42,43)(H2,37,38,39)/t29-,30+,31-,34+,36?/m0/s1. The van der Waals surface area contributed by atoms with E-state index in [1.54, 1.807) is 0 Å². The number of unbranched alkanes of at least 4 members (excludes halogenated alkanes) is 2. The molecule has 1 saturated heterocycles. The Hall–Kier alpha value is -4.72. The fourth-order valence-electron chi connectivity index (χ4n) is 6.94. The minimum Gasteiger partial charge on any atom is -0.481 e. The number of anilines is 1. The van der Waals surface area contributed by atoms with Gasteiger partial charge in [-0.1, -0.05) is 97.4 Å². The summed E-state index contributed by atoms with van der Waals surface area (Å²) in [6.45, 7) is 0.132. The van der Waals surface area contributed by atoms with Gasteiger partial charge in [0.05, 0.1) is 12.9 Å². The third kappa shape index (κ3) is 5.71. The van der Waals surface area contributed by atoms with Gasteiger partial charge in [-0.15, -0.1) is 0 Å². The Labute approximate surface area is 277 Å². The monoisotopic (exact) mass is 653 g/mol. The summed E-state index contributed by atoms with van der Waals surface area (Å²) in [7, 11) is 1.50. The second-order valence-electron chi connectivity index (χ2n) is 11.8. The second-order valence-corrected chi connectivity index (χ2v) is 11.8. The van der Waals surface area contributed by atoms with Crippen molar-refractivity contribution in [2.75, 3.05) is 19.5 Å². The Morgan fingerprint density at radius 2 is 1.44 bits per heavy atom. The molecule has 1 unspecified atom stereocenters. The number of aliphatic carboxylic acids is 1. The van der Waals surface area contributed by atoms with E-state index in [9.17, 15) is 15.0 Å². The number of nitrogens with zero attached hydrogens (tertiary/aromatic N) is 4. The van der Waals surface area contributed by atoms with Gasteiger partial charge in [-0.25, -0.2) is 15.0 Å². The molecule has 12 heteroatoms. The molecule has 250 valence electrons. The van der Waals surface area contributed by atoms with Crippen LogP contribution in [0.2, 0.25) is 0 Å². The number of imidazole rings is 1.